The first-order valence-corrected chi connectivity index (χ1v) is 14.1. The van der Waals surface area contributed by atoms with E-state index in [9.17, 15) is 0 Å². The lowest BCUT2D eigenvalue weighted by atomic mass is 10.1. The van der Waals surface area contributed by atoms with Crippen molar-refractivity contribution >= 4 is 11.0 Å². The van der Waals surface area contributed by atoms with E-state index in [1.165, 1.54) is 62.2 Å². The Balaban J connectivity index is 1.46. The number of hydrogen-bond acceptors (Lipinski definition) is 5. The highest BCUT2D eigenvalue weighted by Gasteiger charge is 2.15. The van der Waals surface area contributed by atoms with Crippen molar-refractivity contribution in [2.75, 3.05) is 19.6 Å². The monoisotopic (exact) mass is 504 g/mol. The highest BCUT2D eigenvalue weighted by atomic mass is 15.2. The van der Waals surface area contributed by atoms with Crippen LogP contribution in [-0.2, 0) is 32.6 Å². The number of fused-ring (bicyclic) bond motifs is 1. The van der Waals surface area contributed by atoms with Gasteiger partial charge in [0.15, 0.2) is 0 Å². The minimum atomic E-state index is 0.734. The summed E-state index contributed by atoms with van der Waals surface area (Å²) in [6.07, 6.45) is 14.4. The Bertz CT molecular complexity index is 1120. The van der Waals surface area contributed by atoms with Gasteiger partial charge in [-0.05, 0) is 69.4 Å². The molecule has 8 heteroatoms. The fraction of sp³-hybridized carbons (Fsp3) is 0.552. The first-order chi connectivity index (χ1) is 18.2. The summed E-state index contributed by atoms with van der Waals surface area (Å²) >= 11 is 0. The lowest BCUT2D eigenvalue weighted by molar-refractivity contribution is 0.236. The van der Waals surface area contributed by atoms with Crippen LogP contribution < -0.4 is 0 Å². The normalized spacial score (nSPS) is 11.9. The number of rotatable bonds is 17. The molecule has 4 rings (SSSR count). The van der Waals surface area contributed by atoms with Gasteiger partial charge in [-0.25, -0.2) is 15.0 Å². The predicted octanol–water partition coefficient (Wildman–Crippen LogP) is 5.54. The lowest BCUT2D eigenvalue weighted by Crippen LogP contribution is -2.26. The molecule has 0 fully saturated rings. The average Bonchev–Trinajstić information content (AvgIpc) is 3.65. The molecule has 0 atom stereocenters. The molecular formula is C29H44N8. The molecule has 0 aliphatic heterocycles. The van der Waals surface area contributed by atoms with Crippen LogP contribution in [-0.4, -0.2) is 58.9 Å². The number of unbranched alkanes of at least 4 members (excludes halogenated alkanes) is 1. The Morgan fingerprint density at radius 2 is 1.49 bits per heavy atom. The minimum absolute atomic E-state index is 0.734. The highest BCUT2D eigenvalue weighted by Crippen LogP contribution is 2.22. The van der Waals surface area contributed by atoms with Gasteiger partial charge in [0.25, 0.3) is 0 Å². The van der Waals surface area contributed by atoms with Crippen LogP contribution in [0.5, 0.6) is 0 Å². The number of aromatic nitrogens is 6. The number of aromatic amines is 2. The van der Waals surface area contributed by atoms with Crippen LogP contribution in [0, 0.1) is 0 Å². The van der Waals surface area contributed by atoms with E-state index in [4.69, 9.17) is 4.98 Å². The van der Waals surface area contributed by atoms with E-state index in [2.05, 4.69) is 73.3 Å². The third-order valence-electron chi connectivity index (χ3n) is 6.81. The largest absolute Gasteiger partial charge is 0.348 e. The number of hydrogen-bond donors (Lipinski definition) is 2. The van der Waals surface area contributed by atoms with Gasteiger partial charge in [0, 0.05) is 44.3 Å². The van der Waals surface area contributed by atoms with Crippen molar-refractivity contribution in [1.29, 1.82) is 0 Å². The van der Waals surface area contributed by atoms with Crippen LogP contribution in [0.1, 0.15) is 75.9 Å². The van der Waals surface area contributed by atoms with E-state index in [1.807, 2.05) is 24.8 Å². The van der Waals surface area contributed by atoms with E-state index < -0.39 is 0 Å². The number of nitrogens with one attached hydrogen (secondary N) is 2. The molecule has 0 aliphatic rings. The summed E-state index contributed by atoms with van der Waals surface area (Å²) in [5.41, 5.74) is 3.64. The Labute approximate surface area is 221 Å². The van der Waals surface area contributed by atoms with Crippen LogP contribution in [0.2, 0.25) is 0 Å². The molecule has 0 radical (unpaired) electrons. The van der Waals surface area contributed by atoms with Crippen molar-refractivity contribution < 1.29 is 0 Å². The molecule has 4 aromatic rings. The zero-order valence-corrected chi connectivity index (χ0v) is 22.9. The van der Waals surface area contributed by atoms with Gasteiger partial charge in [0.1, 0.15) is 17.5 Å². The zero-order chi connectivity index (χ0) is 25.9. The fourth-order valence-corrected chi connectivity index (χ4v) is 5.19. The summed E-state index contributed by atoms with van der Waals surface area (Å²) in [7, 11) is 0. The first kappa shape index (κ1) is 27.1. The van der Waals surface area contributed by atoms with Crippen molar-refractivity contribution in [1.82, 2.24) is 39.3 Å². The molecular weight excluding hydrogens is 460 g/mol. The third-order valence-corrected chi connectivity index (χ3v) is 6.81. The summed E-state index contributed by atoms with van der Waals surface area (Å²) in [4.78, 5) is 25.4. The fourth-order valence-electron chi connectivity index (χ4n) is 5.19. The molecule has 37 heavy (non-hydrogen) atoms. The molecule has 0 amide bonds. The number of benzene rings is 1. The van der Waals surface area contributed by atoms with E-state index in [0.717, 1.165) is 56.2 Å². The van der Waals surface area contributed by atoms with Crippen molar-refractivity contribution in [3.8, 4) is 0 Å². The van der Waals surface area contributed by atoms with Crippen molar-refractivity contribution in [2.24, 2.45) is 0 Å². The van der Waals surface area contributed by atoms with Gasteiger partial charge in [-0.3, -0.25) is 4.90 Å². The Morgan fingerprint density at radius 1 is 0.784 bits per heavy atom. The van der Waals surface area contributed by atoms with E-state index in [0.29, 0.717) is 0 Å². The Kier molecular flexibility index (Phi) is 10.3. The maximum Gasteiger partial charge on any atom is 0.120 e. The van der Waals surface area contributed by atoms with Gasteiger partial charge in [-0.1, -0.05) is 26.8 Å². The van der Waals surface area contributed by atoms with Gasteiger partial charge >= 0.3 is 0 Å². The summed E-state index contributed by atoms with van der Waals surface area (Å²) in [6, 6.07) is 6.76. The second kappa shape index (κ2) is 14.1. The van der Waals surface area contributed by atoms with Crippen LogP contribution in [0.4, 0.5) is 0 Å². The molecule has 0 saturated heterocycles. The molecule has 1 aromatic carbocycles. The molecule has 0 spiro atoms. The van der Waals surface area contributed by atoms with Gasteiger partial charge in [0.05, 0.1) is 24.1 Å². The highest BCUT2D eigenvalue weighted by molar-refractivity contribution is 5.77. The lowest BCUT2D eigenvalue weighted by Gasteiger charge is -2.20. The molecule has 2 N–H and O–H groups in total. The van der Waals surface area contributed by atoms with E-state index >= 15 is 0 Å². The third kappa shape index (κ3) is 7.76. The van der Waals surface area contributed by atoms with Gasteiger partial charge in [0.2, 0.25) is 0 Å². The van der Waals surface area contributed by atoms with E-state index in [1.54, 1.807) is 0 Å². The number of aryl methyl sites for hydroxylation is 2. The van der Waals surface area contributed by atoms with Gasteiger partial charge < -0.3 is 19.4 Å². The second-order valence-corrected chi connectivity index (χ2v) is 10.0. The average molecular weight is 505 g/mol. The molecule has 0 unspecified atom stereocenters. The predicted molar refractivity (Wildman–Crippen MR) is 150 cm³/mol. The number of imidazole rings is 3. The zero-order valence-electron chi connectivity index (χ0n) is 22.9. The molecule has 8 nitrogen and oxygen atoms in total. The summed E-state index contributed by atoms with van der Waals surface area (Å²) < 4.78 is 2.46. The van der Waals surface area contributed by atoms with Crippen molar-refractivity contribution in [3.63, 3.8) is 0 Å². The van der Waals surface area contributed by atoms with Crippen molar-refractivity contribution in [3.05, 3.63) is 66.0 Å². The van der Waals surface area contributed by atoms with Crippen LogP contribution in [0.25, 0.3) is 11.0 Å². The summed E-state index contributed by atoms with van der Waals surface area (Å²) in [5, 5.41) is 0. The van der Waals surface area contributed by atoms with Crippen LogP contribution >= 0.6 is 0 Å². The van der Waals surface area contributed by atoms with Crippen LogP contribution in [0.3, 0.4) is 0 Å². The summed E-state index contributed by atoms with van der Waals surface area (Å²) in [5.74, 6) is 3.15. The SMILES string of the molecule is CCCN(CCC)CCCCc1nc2ccc(CN(Cc3ncc[nH]3)Cc3ncc[nH]3)cc2n1CCC. The molecule has 3 heterocycles. The first-order valence-electron chi connectivity index (χ1n) is 14.1. The smallest absolute Gasteiger partial charge is 0.120 e. The maximum absolute atomic E-state index is 5.07. The minimum Gasteiger partial charge on any atom is -0.348 e. The van der Waals surface area contributed by atoms with Gasteiger partial charge in [-0.15, -0.1) is 0 Å². The molecule has 0 bridgehead atoms. The summed E-state index contributed by atoms with van der Waals surface area (Å²) in [6.45, 7) is 13.7. The standard InChI is InChI=1S/C29H44N8/c1-4-16-35(17-5-2)19-8-7-9-29-34-25-11-10-24(20-26(25)37(29)18-6-3)21-36(22-27-30-12-13-31-27)23-28-32-14-15-33-28/h10-15,20H,4-9,16-19,21-23H2,1-3H3,(H,30,31)(H,32,33). The quantitative estimate of drug-likeness (QED) is 0.185. The maximum atomic E-state index is 5.07. The molecule has 3 aromatic heterocycles. The molecule has 200 valence electrons. The van der Waals surface area contributed by atoms with Gasteiger partial charge in [-0.2, -0.15) is 0 Å². The molecule has 0 saturated carbocycles. The van der Waals surface area contributed by atoms with Crippen molar-refractivity contribution in [2.45, 2.75) is 85.5 Å². The number of H-pyrrole nitrogens is 2. The topological polar surface area (TPSA) is 81.7 Å². The van der Waals surface area contributed by atoms with Crippen LogP contribution in [0.15, 0.2) is 43.0 Å². The van der Waals surface area contributed by atoms with E-state index in [-0.39, 0.29) is 0 Å². The second-order valence-electron chi connectivity index (χ2n) is 10.0. The Morgan fingerprint density at radius 3 is 2.08 bits per heavy atom. The Hall–Kier alpha value is -2.97. The number of nitrogens with zero attached hydrogens (tertiary/aromatic N) is 6. The molecule has 0 aliphatic carbocycles.